The number of amides is 2. The largest absolute Gasteiger partial charge is 0.460 e. The average molecular weight is 528 g/mol. The Labute approximate surface area is 179 Å². The molecule has 194 valence electrons. The summed E-state index contributed by atoms with van der Waals surface area (Å²) in [5.74, 6) is -32.0. The first-order valence-electron chi connectivity index (χ1n) is 8.29. The highest BCUT2D eigenvalue weighted by atomic mass is 19.4. The zero-order valence-electron chi connectivity index (χ0n) is 15.8. The van der Waals surface area contributed by atoms with E-state index in [-0.39, 0.29) is 11.1 Å². The number of hydrogen-bond donors (Lipinski definition) is 2. The van der Waals surface area contributed by atoms with Crippen molar-refractivity contribution in [3.8, 4) is 0 Å². The fourth-order valence-electron chi connectivity index (χ4n) is 2.08. The van der Waals surface area contributed by atoms with E-state index in [1.807, 2.05) is 0 Å². The fraction of sp³-hybridized carbons (Fsp3) is 0.500. The Morgan fingerprint density at radius 3 is 1.15 bits per heavy atom. The molecule has 0 radical (unpaired) electrons. The van der Waals surface area contributed by atoms with Crippen LogP contribution in [0.1, 0.15) is 11.1 Å². The SMILES string of the molecule is O=C(NCc1cccc(CNC(=O)C(F)(F)C(F)(F)C(F)(F)F)c1)C(F)(F)C(F)(F)C(F)(F)F. The molecule has 0 spiro atoms. The van der Waals surface area contributed by atoms with Crippen LogP contribution in [-0.2, 0) is 22.7 Å². The molecule has 1 aromatic rings. The van der Waals surface area contributed by atoms with Crippen molar-refractivity contribution in [1.82, 2.24) is 10.6 Å². The molecule has 0 heterocycles. The molecule has 18 heteroatoms. The van der Waals surface area contributed by atoms with Crippen LogP contribution >= 0.6 is 0 Å². The average Bonchev–Trinajstić information content (AvgIpc) is 2.68. The van der Waals surface area contributed by atoms with Crippen LogP contribution < -0.4 is 10.6 Å². The van der Waals surface area contributed by atoms with E-state index in [4.69, 9.17) is 0 Å². The van der Waals surface area contributed by atoms with E-state index >= 15 is 0 Å². The lowest BCUT2D eigenvalue weighted by molar-refractivity contribution is -0.344. The molecular weight excluding hydrogens is 518 g/mol. The number of carbonyl (C=O) groups is 2. The van der Waals surface area contributed by atoms with E-state index in [9.17, 15) is 71.1 Å². The highest BCUT2D eigenvalue weighted by Crippen LogP contribution is 2.47. The van der Waals surface area contributed by atoms with Crippen molar-refractivity contribution < 1.29 is 71.1 Å². The van der Waals surface area contributed by atoms with Crippen molar-refractivity contribution in [2.75, 3.05) is 0 Å². The van der Waals surface area contributed by atoms with E-state index in [2.05, 4.69) is 0 Å². The van der Waals surface area contributed by atoms with Gasteiger partial charge in [-0.3, -0.25) is 9.59 Å². The maximum atomic E-state index is 13.2. The minimum atomic E-state index is -6.78. The van der Waals surface area contributed by atoms with Crippen LogP contribution in [0.5, 0.6) is 0 Å². The number of benzene rings is 1. The van der Waals surface area contributed by atoms with Gasteiger partial charge >= 0.3 is 36.0 Å². The van der Waals surface area contributed by atoms with Gasteiger partial charge in [-0.2, -0.15) is 61.5 Å². The summed E-state index contributed by atoms with van der Waals surface area (Å²) in [4.78, 5) is 22.3. The summed E-state index contributed by atoms with van der Waals surface area (Å²) in [7, 11) is 0. The third-order valence-corrected chi connectivity index (χ3v) is 3.97. The lowest BCUT2D eigenvalue weighted by Crippen LogP contribution is -2.59. The summed E-state index contributed by atoms with van der Waals surface area (Å²) >= 11 is 0. The maximum Gasteiger partial charge on any atom is 0.460 e. The number of carbonyl (C=O) groups excluding carboxylic acids is 2. The Hall–Kier alpha value is -2.82. The zero-order chi connectivity index (χ0) is 27.0. The normalized spacial score (nSPS) is 14.1. The smallest absolute Gasteiger partial charge is 0.347 e. The Bertz CT molecular complexity index is 838. The molecule has 0 saturated heterocycles. The van der Waals surface area contributed by atoms with Gasteiger partial charge in [-0.15, -0.1) is 0 Å². The minimum absolute atomic E-state index is 0.349. The molecule has 2 N–H and O–H groups in total. The van der Waals surface area contributed by atoms with Crippen molar-refractivity contribution in [2.45, 2.75) is 49.1 Å². The van der Waals surface area contributed by atoms with Gasteiger partial charge in [-0.05, 0) is 11.1 Å². The van der Waals surface area contributed by atoms with Crippen LogP contribution in [-0.4, -0.2) is 47.9 Å². The fourth-order valence-corrected chi connectivity index (χ4v) is 2.08. The van der Waals surface area contributed by atoms with Gasteiger partial charge < -0.3 is 10.6 Å². The molecule has 0 unspecified atom stereocenters. The molecule has 0 bridgehead atoms. The Morgan fingerprint density at radius 2 is 0.882 bits per heavy atom. The molecule has 2 amide bonds. The lowest BCUT2D eigenvalue weighted by Gasteiger charge is -2.27. The monoisotopic (exact) mass is 528 g/mol. The molecule has 0 aliphatic heterocycles. The third kappa shape index (κ3) is 5.45. The first-order valence-corrected chi connectivity index (χ1v) is 8.29. The van der Waals surface area contributed by atoms with Gasteiger partial charge in [0.15, 0.2) is 0 Å². The van der Waals surface area contributed by atoms with Crippen molar-refractivity contribution in [3.63, 3.8) is 0 Å². The quantitative estimate of drug-likeness (QED) is 0.486. The molecule has 0 aliphatic rings. The first-order chi connectivity index (χ1) is 15.0. The molecule has 34 heavy (non-hydrogen) atoms. The van der Waals surface area contributed by atoms with Crippen molar-refractivity contribution in [1.29, 1.82) is 0 Å². The molecule has 0 aromatic heterocycles. The van der Waals surface area contributed by atoms with Crippen LogP contribution in [0.2, 0.25) is 0 Å². The second-order valence-electron chi connectivity index (χ2n) is 6.48. The summed E-state index contributed by atoms with van der Waals surface area (Å²) in [6.45, 7) is -2.26. The molecular formula is C16H10F14N2O2. The van der Waals surface area contributed by atoms with Gasteiger partial charge in [0.2, 0.25) is 0 Å². The van der Waals surface area contributed by atoms with Crippen LogP contribution in [0, 0.1) is 0 Å². The van der Waals surface area contributed by atoms with Gasteiger partial charge in [-0.1, -0.05) is 24.3 Å². The number of hydrogen-bond acceptors (Lipinski definition) is 2. The zero-order valence-corrected chi connectivity index (χ0v) is 15.8. The van der Waals surface area contributed by atoms with E-state index in [0.717, 1.165) is 34.9 Å². The maximum absolute atomic E-state index is 13.2. The van der Waals surface area contributed by atoms with E-state index in [1.165, 1.54) is 0 Å². The Balaban J connectivity index is 2.88. The van der Waals surface area contributed by atoms with Gasteiger partial charge in [0.05, 0.1) is 0 Å². The van der Waals surface area contributed by atoms with E-state index in [0.29, 0.717) is 0 Å². The summed E-state index contributed by atoms with van der Waals surface area (Å²) in [6, 6.07) is 3.59. The van der Waals surface area contributed by atoms with Crippen LogP contribution in [0.3, 0.4) is 0 Å². The third-order valence-electron chi connectivity index (χ3n) is 3.97. The molecule has 0 aliphatic carbocycles. The molecule has 0 saturated carbocycles. The van der Waals surface area contributed by atoms with Gasteiger partial charge in [-0.25, -0.2) is 0 Å². The number of alkyl halides is 14. The number of rotatable bonds is 8. The molecule has 4 nitrogen and oxygen atoms in total. The predicted octanol–water partition coefficient (Wildman–Crippen LogP) is 4.58. The standard InChI is InChI=1S/C16H10F14N2O2/c17-11(18,13(21,22)15(25,26)27)9(33)31-5-7-2-1-3-8(4-7)6-32-10(34)12(19,20)14(23,24)16(28,29)30/h1-4H,5-6H2,(H,31,33)(H,32,34). The summed E-state index contributed by atoms with van der Waals surface area (Å²) in [5.41, 5.74) is -0.697. The molecule has 0 fully saturated rings. The van der Waals surface area contributed by atoms with Crippen LogP contribution in [0.25, 0.3) is 0 Å². The van der Waals surface area contributed by atoms with Crippen molar-refractivity contribution >= 4 is 11.8 Å². The second-order valence-corrected chi connectivity index (χ2v) is 6.48. The topological polar surface area (TPSA) is 58.2 Å². The molecule has 1 rings (SSSR count). The lowest BCUT2D eigenvalue weighted by atomic mass is 10.1. The summed E-state index contributed by atoms with van der Waals surface area (Å²) in [6.07, 6.45) is -13.6. The van der Waals surface area contributed by atoms with Crippen LogP contribution in [0.15, 0.2) is 24.3 Å². The van der Waals surface area contributed by atoms with Gasteiger partial charge in [0.1, 0.15) is 0 Å². The highest BCUT2D eigenvalue weighted by molar-refractivity contribution is 5.85. The highest BCUT2D eigenvalue weighted by Gasteiger charge is 2.77. The van der Waals surface area contributed by atoms with Crippen molar-refractivity contribution in [3.05, 3.63) is 35.4 Å². The summed E-state index contributed by atoms with van der Waals surface area (Å²) in [5, 5.41) is 2.14. The van der Waals surface area contributed by atoms with Gasteiger partial charge in [0.25, 0.3) is 11.8 Å². The number of halogens is 14. The first kappa shape index (κ1) is 29.2. The Morgan fingerprint density at radius 1 is 0.588 bits per heavy atom. The van der Waals surface area contributed by atoms with E-state index in [1.54, 1.807) is 0 Å². The van der Waals surface area contributed by atoms with Crippen LogP contribution in [0.4, 0.5) is 61.5 Å². The van der Waals surface area contributed by atoms with E-state index < -0.39 is 60.9 Å². The predicted molar refractivity (Wildman–Crippen MR) is 82.0 cm³/mol. The number of nitrogens with one attached hydrogen (secondary N) is 2. The van der Waals surface area contributed by atoms with Gasteiger partial charge in [0, 0.05) is 13.1 Å². The minimum Gasteiger partial charge on any atom is -0.347 e. The molecule has 1 aromatic carbocycles. The summed E-state index contributed by atoms with van der Waals surface area (Å²) < 4.78 is 177. The van der Waals surface area contributed by atoms with Crippen molar-refractivity contribution in [2.24, 2.45) is 0 Å². The second kappa shape index (κ2) is 9.09. The molecule has 0 atom stereocenters. The Kier molecular flexibility index (Phi) is 7.81.